The maximum absolute atomic E-state index is 11.5. The lowest BCUT2D eigenvalue weighted by Gasteiger charge is -2.05. The van der Waals surface area contributed by atoms with Crippen LogP contribution in [0, 0.1) is 11.8 Å². The first kappa shape index (κ1) is 16.4. The van der Waals surface area contributed by atoms with Crippen LogP contribution in [-0.4, -0.2) is 24.7 Å². The minimum atomic E-state index is -0.453. The number of carbonyl (C=O) groups excluding carboxylic acids is 1. The molecule has 0 saturated heterocycles. The van der Waals surface area contributed by atoms with Gasteiger partial charge in [-0.05, 0) is 23.6 Å². The number of benzene rings is 1. The van der Waals surface area contributed by atoms with E-state index < -0.39 is 6.09 Å². The van der Waals surface area contributed by atoms with Gasteiger partial charge >= 0.3 is 6.09 Å². The summed E-state index contributed by atoms with van der Waals surface area (Å²) in [4.78, 5) is 15.7. The fourth-order valence-corrected chi connectivity index (χ4v) is 1.80. The summed E-state index contributed by atoms with van der Waals surface area (Å²) in [5.74, 6) is 6.49. The number of nitrogens with one attached hydrogen (secondary N) is 1. The molecule has 0 atom stereocenters. The molecule has 0 aliphatic heterocycles. The molecule has 0 saturated carbocycles. The molecule has 5 nitrogen and oxygen atoms in total. The van der Waals surface area contributed by atoms with Crippen LogP contribution < -0.4 is 10.1 Å². The molecule has 2 rings (SSSR count). The highest BCUT2D eigenvalue weighted by Crippen LogP contribution is 2.12. The van der Waals surface area contributed by atoms with E-state index in [2.05, 4.69) is 22.1 Å². The molecule has 5 heteroatoms. The monoisotopic (exact) mass is 310 g/mol. The van der Waals surface area contributed by atoms with Gasteiger partial charge in [-0.15, -0.1) is 0 Å². The van der Waals surface area contributed by atoms with Crippen molar-refractivity contribution in [2.75, 3.05) is 13.7 Å². The summed E-state index contributed by atoms with van der Waals surface area (Å²) in [6.07, 6.45) is 1.71. The lowest BCUT2D eigenvalue weighted by Crippen LogP contribution is -2.24. The number of methoxy groups -OCH3 is 1. The highest BCUT2D eigenvalue weighted by molar-refractivity contribution is 5.67. The van der Waals surface area contributed by atoms with Crippen molar-refractivity contribution in [3.63, 3.8) is 0 Å². The summed E-state index contributed by atoms with van der Waals surface area (Å²) < 4.78 is 10.3. The molecule has 0 unspecified atom stereocenters. The number of amides is 1. The quantitative estimate of drug-likeness (QED) is 0.681. The van der Waals surface area contributed by atoms with Gasteiger partial charge in [0.25, 0.3) is 0 Å². The minimum Gasteiger partial charge on any atom is -0.494 e. The van der Waals surface area contributed by atoms with Crippen LogP contribution in [-0.2, 0) is 11.3 Å². The van der Waals surface area contributed by atoms with Gasteiger partial charge in [-0.2, -0.15) is 0 Å². The predicted octanol–water partition coefficient (Wildman–Crippen LogP) is 2.76. The molecular weight excluding hydrogens is 292 g/mol. The number of alkyl carbamates (subject to hydrolysis) is 1. The van der Waals surface area contributed by atoms with E-state index in [1.807, 2.05) is 30.3 Å². The fourth-order valence-electron chi connectivity index (χ4n) is 1.80. The van der Waals surface area contributed by atoms with Crippen LogP contribution in [0.3, 0.4) is 0 Å². The number of hydrogen-bond acceptors (Lipinski definition) is 4. The van der Waals surface area contributed by atoms with Crippen LogP contribution in [0.4, 0.5) is 4.79 Å². The normalized spacial score (nSPS) is 9.43. The van der Waals surface area contributed by atoms with Gasteiger partial charge in [-0.1, -0.05) is 36.3 Å². The smallest absolute Gasteiger partial charge is 0.407 e. The van der Waals surface area contributed by atoms with E-state index in [0.29, 0.717) is 24.4 Å². The number of nitrogens with zero attached hydrogens (tertiary/aromatic N) is 1. The number of hydrogen-bond donors (Lipinski definition) is 1. The molecule has 1 aromatic heterocycles. The van der Waals surface area contributed by atoms with Gasteiger partial charge in [0.2, 0.25) is 0 Å². The molecule has 2 aromatic rings. The maximum Gasteiger partial charge on any atom is 0.407 e. The predicted molar refractivity (Wildman–Crippen MR) is 86.9 cm³/mol. The Hall–Kier alpha value is -3.00. The lowest BCUT2D eigenvalue weighted by atomic mass is 10.2. The van der Waals surface area contributed by atoms with Gasteiger partial charge in [-0.3, -0.25) is 0 Å². The Morgan fingerprint density at radius 1 is 1.22 bits per heavy atom. The molecular formula is C18H18N2O3. The average molecular weight is 310 g/mol. The Morgan fingerprint density at radius 3 is 2.83 bits per heavy atom. The van der Waals surface area contributed by atoms with Gasteiger partial charge in [0.1, 0.15) is 6.61 Å². The van der Waals surface area contributed by atoms with Crippen molar-refractivity contribution in [2.24, 2.45) is 0 Å². The Bertz CT molecular complexity index is 690. The average Bonchev–Trinajstić information content (AvgIpc) is 2.61. The van der Waals surface area contributed by atoms with E-state index in [-0.39, 0.29) is 6.61 Å². The van der Waals surface area contributed by atoms with Gasteiger partial charge in [0.15, 0.2) is 11.4 Å². The van der Waals surface area contributed by atoms with E-state index in [0.717, 1.165) is 5.56 Å². The van der Waals surface area contributed by atoms with Gasteiger partial charge in [0, 0.05) is 19.2 Å². The topological polar surface area (TPSA) is 60.5 Å². The van der Waals surface area contributed by atoms with Crippen LogP contribution in [0.15, 0.2) is 48.7 Å². The number of pyridine rings is 1. The number of ether oxygens (including phenoxy) is 2. The van der Waals surface area contributed by atoms with Crippen molar-refractivity contribution >= 4 is 6.09 Å². The second-order valence-corrected chi connectivity index (χ2v) is 4.59. The van der Waals surface area contributed by atoms with E-state index in [9.17, 15) is 4.79 Å². The second-order valence-electron chi connectivity index (χ2n) is 4.59. The van der Waals surface area contributed by atoms with Crippen molar-refractivity contribution in [1.82, 2.24) is 10.3 Å². The highest BCUT2D eigenvalue weighted by Gasteiger charge is 2.01. The largest absolute Gasteiger partial charge is 0.494 e. The first-order chi connectivity index (χ1) is 11.3. The summed E-state index contributed by atoms with van der Waals surface area (Å²) in [7, 11) is 1.58. The zero-order valence-corrected chi connectivity index (χ0v) is 12.9. The fraction of sp³-hybridized carbons (Fsp3) is 0.222. The molecule has 1 amide bonds. The van der Waals surface area contributed by atoms with Gasteiger partial charge < -0.3 is 14.8 Å². The molecule has 0 radical (unpaired) electrons. The Labute approximate surface area is 135 Å². The van der Waals surface area contributed by atoms with Crippen molar-refractivity contribution in [1.29, 1.82) is 0 Å². The van der Waals surface area contributed by atoms with Crippen LogP contribution in [0.25, 0.3) is 0 Å². The molecule has 0 aliphatic rings. The third-order valence-electron chi connectivity index (χ3n) is 2.93. The van der Waals surface area contributed by atoms with Crippen molar-refractivity contribution in [2.45, 2.75) is 13.0 Å². The third kappa shape index (κ3) is 5.71. The Morgan fingerprint density at radius 2 is 2.04 bits per heavy atom. The molecule has 1 N–H and O–H groups in total. The molecule has 23 heavy (non-hydrogen) atoms. The maximum atomic E-state index is 11.5. The second kappa shape index (κ2) is 9.11. The molecule has 0 bridgehead atoms. The zero-order chi connectivity index (χ0) is 16.3. The Kier molecular flexibility index (Phi) is 6.48. The van der Waals surface area contributed by atoms with Crippen LogP contribution in [0.1, 0.15) is 17.7 Å². The SMILES string of the molecule is COc1cccnc1C#CCCNC(=O)OCc1ccccc1. The summed E-state index contributed by atoms with van der Waals surface area (Å²) >= 11 is 0. The van der Waals surface area contributed by atoms with E-state index in [4.69, 9.17) is 9.47 Å². The first-order valence-electron chi connectivity index (χ1n) is 7.22. The molecule has 0 aliphatic carbocycles. The van der Waals surface area contributed by atoms with Crippen molar-refractivity contribution in [3.05, 3.63) is 59.9 Å². The standard InChI is InChI=1S/C18H18N2O3/c1-22-17-11-7-13-19-16(17)10-5-6-12-20-18(21)23-14-15-8-3-2-4-9-15/h2-4,7-9,11,13H,6,12,14H2,1H3,(H,20,21). The highest BCUT2D eigenvalue weighted by atomic mass is 16.5. The summed E-state index contributed by atoms with van der Waals surface area (Å²) in [6.45, 7) is 0.666. The van der Waals surface area contributed by atoms with Crippen molar-refractivity contribution in [3.8, 4) is 17.6 Å². The van der Waals surface area contributed by atoms with Gasteiger partial charge in [0.05, 0.1) is 7.11 Å². The number of carbonyl (C=O) groups is 1. The first-order valence-corrected chi connectivity index (χ1v) is 7.22. The van der Waals surface area contributed by atoms with Crippen LogP contribution in [0.2, 0.25) is 0 Å². The van der Waals surface area contributed by atoms with E-state index in [1.165, 1.54) is 0 Å². The molecule has 1 heterocycles. The number of rotatable bonds is 5. The minimum absolute atomic E-state index is 0.253. The Balaban J connectivity index is 1.69. The zero-order valence-electron chi connectivity index (χ0n) is 12.9. The van der Waals surface area contributed by atoms with Crippen LogP contribution >= 0.6 is 0 Å². The summed E-state index contributed by atoms with van der Waals surface area (Å²) in [5.41, 5.74) is 1.53. The summed E-state index contributed by atoms with van der Waals surface area (Å²) in [5, 5.41) is 2.65. The molecule has 1 aromatic carbocycles. The molecule has 118 valence electrons. The molecule has 0 spiro atoms. The third-order valence-corrected chi connectivity index (χ3v) is 2.93. The molecule has 0 fully saturated rings. The van der Waals surface area contributed by atoms with Crippen molar-refractivity contribution < 1.29 is 14.3 Å². The number of aromatic nitrogens is 1. The lowest BCUT2D eigenvalue weighted by molar-refractivity contribution is 0.140. The van der Waals surface area contributed by atoms with E-state index >= 15 is 0 Å². The van der Waals surface area contributed by atoms with Crippen LogP contribution in [0.5, 0.6) is 5.75 Å². The van der Waals surface area contributed by atoms with Gasteiger partial charge in [-0.25, -0.2) is 9.78 Å². The van der Waals surface area contributed by atoms with E-state index in [1.54, 1.807) is 25.4 Å². The summed E-state index contributed by atoms with van der Waals surface area (Å²) in [6, 6.07) is 13.1.